The number of anilines is 1. The summed E-state index contributed by atoms with van der Waals surface area (Å²) in [5, 5.41) is 3.54. The molecule has 6 nitrogen and oxygen atoms in total. The van der Waals surface area contributed by atoms with Gasteiger partial charge in [0.1, 0.15) is 10.6 Å². The van der Waals surface area contributed by atoms with E-state index in [9.17, 15) is 13.2 Å². The van der Waals surface area contributed by atoms with Crippen LogP contribution < -0.4 is 10.1 Å². The van der Waals surface area contributed by atoms with Crippen molar-refractivity contribution >= 4 is 56.4 Å². The fourth-order valence-corrected chi connectivity index (χ4v) is 5.93. The molecule has 174 valence electrons. The first-order valence-electron chi connectivity index (χ1n) is 10.2. The maximum absolute atomic E-state index is 13.5. The number of ether oxygens (including phenoxy) is 1. The number of amides is 1. The van der Waals surface area contributed by atoms with Crippen molar-refractivity contribution in [1.29, 1.82) is 0 Å². The van der Waals surface area contributed by atoms with E-state index in [-0.39, 0.29) is 44.1 Å². The fraction of sp³-hybridized carbons (Fsp3) is 0.409. The van der Waals surface area contributed by atoms with Gasteiger partial charge in [-0.15, -0.1) is 0 Å². The van der Waals surface area contributed by atoms with Gasteiger partial charge in [0, 0.05) is 13.1 Å². The smallest absolute Gasteiger partial charge is 0.246 e. The summed E-state index contributed by atoms with van der Waals surface area (Å²) in [4.78, 5) is 13.0. The largest absolute Gasteiger partial charge is 0.495 e. The van der Waals surface area contributed by atoms with E-state index < -0.39 is 15.9 Å². The molecule has 3 rings (SSSR count). The number of hydrogen-bond donors (Lipinski definition) is 1. The van der Waals surface area contributed by atoms with Crippen LogP contribution in [0.2, 0.25) is 15.1 Å². The second-order valence-corrected chi connectivity index (χ2v) is 11.1. The van der Waals surface area contributed by atoms with Gasteiger partial charge in [0.25, 0.3) is 0 Å². The summed E-state index contributed by atoms with van der Waals surface area (Å²) in [6.07, 6.45) is 1.11. The Labute approximate surface area is 203 Å². The van der Waals surface area contributed by atoms with Crippen LogP contribution in [0.25, 0.3) is 0 Å². The van der Waals surface area contributed by atoms with E-state index in [1.54, 1.807) is 12.1 Å². The molecule has 1 fully saturated rings. The fourth-order valence-electron chi connectivity index (χ4n) is 3.62. The van der Waals surface area contributed by atoms with E-state index in [4.69, 9.17) is 39.5 Å². The number of methoxy groups -OCH3 is 1. The van der Waals surface area contributed by atoms with Crippen LogP contribution in [0.3, 0.4) is 0 Å². The molecule has 1 saturated heterocycles. The van der Waals surface area contributed by atoms with Crippen molar-refractivity contribution in [2.24, 2.45) is 5.92 Å². The normalized spacial score (nSPS) is 17.4. The minimum Gasteiger partial charge on any atom is -0.495 e. The third-order valence-electron chi connectivity index (χ3n) is 5.49. The lowest BCUT2D eigenvalue weighted by molar-refractivity contribution is -0.120. The molecule has 10 heteroatoms. The topological polar surface area (TPSA) is 75.7 Å². The zero-order valence-electron chi connectivity index (χ0n) is 18.0. The first kappa shape index (κ1) is 25.1. The highest BCUT2D eigenvalue weighted by Crippen LogP contribution is 2.34. The number of benzene rings is 2. The molecule has 0 saturated carbocycles. The molecule has 0 bridgehead atoms. The summed E-state index contributed by atoms with van der Waals surface area (Å²) in [5.41, 5.74) is 1.22. The van der Waals surface area contributed by atoms with Crippen LogP contribution in [0, 0.1) is 5.92 Å². The lowest BCUT2D eigenvalue weighted by Crippen LogP contribution is -2.43. The highest BCUT2D eigenvalue weighted by atomic mass is 35.5. The van der Waals surface area contributed by atoms with E-state index >= 15 is 0 Å². The molecule has 2 aromatic carbocycles. The van der Waals surface area contributed by atoms with Crippen molar-refractivity contribution < 1.29 is 17.9 Å². The monoisotopic (exact) mass is 518 g/mol. The molecule has 1 amide bonds. The predicted molar refractivity (Wildman–Crippen MR) is 129 cm³/mol. The maximum Gasteiger partial charge on any atom is 0.246 e. The molecule has 32 heavy (non-hydrogen) atoms. The molecule has 0 spiro atoms. The molecule has 1 aliphatic rings. The molecule has 1 N–H and O–H groups in total. The van der Waals surface area contributed by atoms with Crippen LogP contribution in [-0.4, -0.2) is 38.8 Å². The zero-order chi connectivity index (χ0) is 23.6. The number of sulfonamides is 1. The molecular formula is C22H25Cl3N2O4S. The lowest BCUT2D eigenvalue weighted by atomic mass is 9.98. The molecule has 0 aromatic heterocycles. The number of halogens is 3. The molecule has 1 atom stereocenters. The predicted octanol–water partition coefficient (Wildman–Crippen LogP) is 5.82. The highest BCUT2D eigenvalue weighted by Gasteiger charge is 2.35. The van der Waals surface area contributed by atoms with Crippen LogP contribution >= 0.6 is 34.8 Å². The van der Waals surface area contributed by atoms with Crippen molar-refractivity contribution in [3.63, 3.8) is 0 Å². The quantitative estimate of drug-likeness (QED) is 0.488. The van der Waals surface area contributed by atoms with Gasteiger partial charge in [-0.3, -0.25) is 4.79 Å². The molecule has 0 radical (unpaired) electrons. The number of nitrogens with one attached hydrogen (secondary N) is 1. The van der Waals surface area contributed by atoms with E-state index in [0.717, 1.165) is 5.56 Å². The van der Waals surface area contributed by atoms with E-state index in [0.29, 0.717) is 25.1 Å². The highest BCUT2D eigenvalue weighted by molar-refractivity contribution is 7.89. The van der Waals surface area contributed by atoms with Gasteiger partial charge in [-0.05, 0) is 48.6 Å². The summed E-state index contributed by atoms with van der Waals surface area (Å²) in [5.74, 6) is -0.425. The zero-order valence-corrected chi connectivity index (χ0v) is 21.1. The van der Waals surface area contributed by atoms with Crippen molar-refractivity contribution in [3.05, 3.63) is 51.0 Å². The van der Waals surface area contributed by atoms with Gasteiger partial charge in [-0.25, -0.2) is 8.42 Å². The van der Waals surface area contributed by atoms with Gasteiger partial charge < -0.3 is 10.1 Å². The van der Waals surface area contributed by atoms with Crippen molar-refractivity contribution in [3.8, 4) is 5.75 Å². The van der Waals surface area contributed by atoms with E-state index in [2.05, 4.69) is 5.32 Å². The first-order chi connectivity index (χ1) is 15.0. The minimum atomic E-state index is -3.86. The van der Waals surface area contributed by atoms with Crippen LogP contribution in [0.5, 0.6) is 5.75 Å². The Balaban J connectivity index is 1.83. The van der Waals surface area contributed by atoms with Crippen molar-refractivity contribution in [2.75, 3.05) is 25.5 Å². The summed E-state index contributed by atoms with van der Waals surface area (Å²) < 4.78 is 33.6. The number of rotatable bonds is 6. The van der Waals surface area contributed by atoms with E-state index in [1.807, 2.05) is 19.9 Å². The van der Waals surface area contributed by atoms with E-state index in [1.165, 1.54) is 23.5 Å². The van der Waals surface area contributed by atoms with Gasteiger partial charge in [0.2, 0.25) is 15.9 Å². The third kappa shape index (κ3) is 5.34. The molecular weight excluding hydrogens is 495 g/mol. The Bertz CT molecular complexity index is 1120. The van der Waals surface area contributed by atoms with Gasteiger partial charge in [0.05, 0.1) is 33.8 Å². The number of piperidine rings is 1. The van der Waals surface area contributed by atoms with Crippen molar-refractivity contribution in [2.45, 2.75) is 37.5 Å². The Kier molecular flexibility index (Phi) is 7.99. The average Bonchev–Trinajstić information content (AvgIpc) is 2.76. The van der Waals surface area contributed by atoms with Gasteiger partial charge in [-0.2, -0.15) is 4.31 Å². The SMILES string of the molecule is COc1ccc(C(C)C)cc1S(=O)(=O)N1CCC[C@H](C(=O)Nc2cc(Cl)c(Cl)cc2Cl)C1. The Morgan fingerprint density at radius 3 is 2.47 bits per heavy atom. The third-order valence-corrected chi connectivity index (χ3v) is 8.42. The Hall–Kier alpha value is -1.51. The van der Waals surface area contributed by atoms with Crippen LogP contribution in [-0.2, 0) is 14.8 Å². The molecule has 1 aliphatic heterocycles. The molecule has 1 heterocycles. The van der Waals surface area contributed by atoms with Crippen molar-refractivity contribution in [1.82, 2.24) is 4.31 Å². The Morgan fingerprint density at radius 1 is 1.12 bits per heavy atom. The maximum atomic E-state index is 13.5. The first-order valence-corrected chi connectivity index (χ1v) is 12.8. The van der Waals surface area contributed by atoms with Gasteiger partial charge in [-0.1, -0.05) is 54.7 Å². The van der Waals surface area contributed by atoms with Crippen LogP contribution in [0.4, 0.5) is 5.69 Å². The molecule has 2 aromatic rings. The average molecular weight is 520 g/mol. The number of hydrogen-bond acceptors (Lipinski definition) is 4. The second-order valence-electron chi connectivity index (χ2n) is 8.00. The summed E-state index contributed by atoms with van der Waals surface area (Å²) >= 11 is 18.1. The number of nitrogens with zero attached hydrogens (tertiary/aromatic N) is 1. The number of carbonyl (C=O) groups excluding carboxylic acids is 1. The standard InChI is InChI=1S/C22H25Cl3N2O4S/c1-13(2)14-6-7-20(31-3)21(9-14)32(29,30)27-8-4-5-15(12-27)22(28)26-19-11-17(24)16(23)10-18(19)25/h6-7,9-11,13,15H,4-5,8,12H2,1-3H3,(H,26,28)/t15-/m0/s1. The molecule has 0 unspecified atom stereocenters. The molecule has 0 aliphatic carbocycles. The van der Waals surface area contributed by atoms with Gasteiger partial charge >= 0.3 is 0 Å². The van der Waals surface area contributed by atoms with Gasteiger partial charge in [0.15, 0.2) is 0 Å². The second kappa shape index (κ2) is 10.2. The Morgan fingerprint density at radius 2 is 1.81 bits per heavy atom. The summed E-state index contributed by atoms with van der Waals surface area (Å²) in [6, 6.07) is 8.10. The summed E-state index contributed by atoms with van der Waals surface area (Å²) in [7, 11) is -2.42. The number of carbonyl (C=O) groups is 1. The lowest BCUT2D eigenvalue weighted by Gasteiger charge is -2.31. The minimum absolute atomic E-state index is 0.0577. The van der Waals surface area contributed by atoms with Crippen LogP contribution in [0.1, 0.15) is 38.2 Å². The summed E-state index contributed by atoms with van der Waals surface area (Å²) in [6.45, 7) is 4.37. The van der Waals surface area contributed by atoms with Crippen LogP contribution in [0.15, 0.2) is 35.2 Å².